The molecule has 0 radical (unpaired) electrons. The maximum atomic E-state index is 11.9. The number of benzene rings is 3. The van der Waals surface area contributed by atoms with E-state index in [9.17, 15) is 4.79 Å². The Hall–Kier alpha value is -3.33. The van der Waals surface area contributed by atoms with E-state index in [2.05, 4.69) is 0 Å². The molecule has 0 amide bonds. The van der Waals surface area contributed by atoms with E-state index in [-0.39, 0.29) is 12.6 Å². The molecule has 0 N–H and O–H groups in total. The molecule has 0 atom stereocenters. The van der Waals surface area contributed by atoms with Gasteiger partial charge in [0.15, 0.2) is 0 Å². The van der Waals surface area contributed by atoms with Gasteiger partial charge in [-0.25, -0.2) is 4.79 Å². The molecule has 0 aliphatic rings. The zero-order chi connectivity index (χ0) is 18.2. The monoisotopic (exact) mass is 344 g/mol. The van der Waals surface area contributed by atoms with E-state index < -0.39 is 0 Å². The summed E-state index contributed by atoms with van der Waals surface area (Å²) < 4.78 is 11.1. The highest BCUT2D eigenvalue weighted by atomic mass is 16.5. The molecule has 0 aromatic heterocycles. The fourth-order valence-electron chi connectivity index (χ4n) is 2.37. The van der Waals surface area contributed by atoms with E-state index in [0.717, 1.165) is 16.9 Å². The Bertz CT molecular complexity index is 881. The number of hydrogen-bond acceptors (Lipinski definition) is 3. The smallest absolute Gasteiger partial charge is 0.331 e. The van der Waals surface area contributed by atoms with Crippen molar-refractivity contribution in [2.75, 3.05) is 0 Å². The summed E-state index contributed by atoms with van der Waals surface area (Å²) in [5.41, 5.74) is 3.02. The van der Waals surface area contributed by atoms with Crippen molar-refractivity contribution >= 4 is 12.0 Å². The van der Waals surface area contributed by atoms with Gasteiger partial charge in [0.2, 0.25) is 0 Å². The number of ether oxygens (including phenoxy) is 2. The van der Waals surface area contributed by atoms with Gasteiger partial charge in [-0.15, -0.1) is 0 Å². The molecule has 3 rings (SSSR count). The summed E-state index contributed by atoms with van der Waals surface area (Å²) in [6.45, 7) is 2.22. The normalized spacial score (nSPS) is 10.7. The first-order valence-corrected chi connectivity index (χ1v) is 8.42. The summed E-state index contributed by atoms with van der Waals surface area (Å²) >= 11 is 0. The predicted molar refractivity (Wildman–Crippen MR) is 103 cm³/mol. The molecule has 0 heterocycles. The molecule has 3 heteroatoms. The Morgan fingerprint density at radius 2 is 1.62 bits per heavy atom. The average molecular weight is 344 g/mol. The third-order valence-corrected chi connectivity index (χ3v) is 3.75. The molecule has 26 heavy (non-hydrogen) atoms. The number of rotatable bonds is 6. The second-order valence-corrected chi connectivity index (χ2v) is 5.91. The van der Waals surface area contributed by atoms with Crippen molar-refractivity contribution in [3.8, 4) is 11.5 Å². The van der Waals surface area contributed by atoms with Crippen molar-refractivity contribution < 1.29 is 14.3 Å². The van der Waals surface area contributed by atoms with E-state index in [0.29, 0.717) is 5.75 Å². The predicted octanol–water partition coefficient (Wildman–Crippen LogP) is 5.54. The van der Waals surface area contributed by atoms with Crippen molar-refractivity contribution in [2.24, 2.45) is 0 Å². The molecule has 3 aromatic rings. The van der Waals surface area contributed by atoms with Crippen LogP contribution in [0.25, 0.3) is 6.08 Å². The lowest BCUT2D eigenvalue weighted by molar-refractivity contribution is -0.138. The number of para-hydroxylation sites is 1. The summed E-state index contributed by atoms with van der Waals surface area (Å²) in [4.78, 5) is 11.9. The minimum absolute atomic E-state index is 0.197. The molecule has 0 aliphatic carbocycles. The highest BCUT2D eigenvalue weighted by Gasteiger charge is 2.02. The van der Waals surface area contributed by atoms with Crippen LogP contribution in [0, 0.1) is 6.92 Å². The van der Waals surface area contributed by atoms with Crippen LogP contribution in [0.15, 0.2) is 84.9 Å². The van der Waals surface area contributed by atoms with Gasteiger partial charge in [-0.05, 0) is 48.4 Å². The fraction of sp³-hybridized carbons (Fsp3) is 0.0870. The van der Waals surface area contributed by atoms with Gasteiger partial charge < -0.3 is 9.47 Å². The molecule has 0 saturated carbocycles. The van der Waals surface area contributed by atoms with Gasteiger partial charge in [0.05, 0.1) is 0 Å². The third kappa shape index (κ3) is 5.35. The Labute approximate surface area is 153 Å². The molecule has 130 valence electrons. The minimum Gasteiger partial charge on any atom is -0.458 e. The van der Waals surface area contributed by atoms with Crippen molar-refractivity contribution in [3.05, 3.63) is 102 Å². The van der Waals surface area contributed by atoms with Crippen LogP contribution in [0.4, 0.5) is 0 Å². The van der Waals surface area contributed by atoms with Crippen LogP contribution < -0.4 is 4.74 Å². The molecule has 0 fully saturated rings. The lowest BCUT2D eigenvalue weighted by Gasteiger charge is -2.07. The van der Waals surface area contributed by atoms with Gasteiger partial charge in [0.25, 0.3) is 0 Å². The Morgan fingerprint density at radius 1 is 0.885 bits per heavy atom. The first-order valence-electron chi connectivity index (χ1n) is 8.42. The number of aryl methyl sites for hydroxylation is 1. The van der Waals surface area contributed by atoms with E-state index in [1.807, 2.05) is 85.8 Å². The minimum atomic E-state index is -0.375. The fourth-order valence-corrected chi connectivity index (χ4v) is 2.37. The largest absolute Gasteiger partial charge is 0.458 e. The van der Waals surface area contributed by atoms with Gasteiger partial charge in [0, 0.05) is 6.08 Å². The van der Waals surface area contributed by atoms with Gasteiger partial charge in [0.1, 0.15) is 18.1 Å². The van der Waals surface area contributed by atoms with Crippen molar-refractivity contribution in [1.29, 1.82) is 0 Å². The quantitative estimate of drug-likeness (QED) is 0.435. The maximum Gasteiger partial charge on any atom is 0.331 e. The molecule has 0 bridgehead atoms. The number of carbonyl (C=O) groups is 1. The Balaban J connectivity index is 1.55. The lowest BCUT2D eigenvalue weighted by atomic mass is 10.1. The SMILES string of the molecule is Cc1ccc(C=CC(=O)OCc2cccc(Oc3ccccc3)c2)cc1. The highest BCUT2D eigenvalue weighted by Crippen LogP contribution is 2.22. The first kappa shape index (κ1) is 17.5. The van der Waals surface area contributed by atoms with Gasteiger partial charge in [-0.2, -0.15) is 0 Å². The number of carbonyl (C=O) groups excluding carboxylic acids is 1. The maximum absolute atomic E-state index is 11.9. The summed E-state index contributed by atoms with van der Waals surface area (Å²) in [7, 11) is 0. The topological polar surface area (TPSA) is 35.5 Å². The molecule has 3 aromatic carbocycles. The van der Waals surface area contributed by atoms with Crippen LogP contribution in [0.3, 0.4) is 0 Å². The van der Waals surface area contributed by atoms with Crippen molar-refractivity contribution in [1.82, 2.24) is 0 Å². The van der Waals surface area contributed by atoms with E-state index in [4.69, 9.17) is 9.47 Å². The summed E-state index contributed by atoms with van der Waals surface area (Å²) in [6.07, 6.45) is 3.19. The van der Waals surface area contributed by atoms with Crippen LogP contribution in [-0.2, 0) is 16.1 Å². The average Bonchev–Trinajstić information content (AvgIpc) is 2.67. The molecule has 0 unspecified atom stereocenters. The summed E-state index contributed by atoms with van der Waals surface area (Å²) in [6, 6.07) is 25.0. The van der Waals surface area contributed by atoms with E-state index in [1.165, 1.54) is 11.6 Å². The zero-order valence-corrected chi connectivity index (χ0v) is 14.6. The van der Waals surface area contributed by atoms with Crippen LogP contribution in [-0.4, -0.2) is 5.97 Å². The first-order chi connectivity index (χ1) is 12.7. The van der Waals surface area contributed by atoms with Crippen molar-refractivity contribution in [3.63, 3.8) is 0 Å². The standard InChI is InChI=1S/C23H20O3/c1-18-10-12-19(13-11-18)14-15-23(24)25-17-20-6-5-9-22(16-20)26-21-7-3-2-4-8-21/h2-16H,17H2,1H3. The van der Waals surface area contributed by atoms with Crippen molar-refractivity contribution in [2.45, 2.75) is 13.5 Å². The lowest BCUT2D eigenvalue weighted by Crippen LogP contribution is -2.00. The second-order valence-electron chi connectivity index (χ2n) is 5.91. The Kier molecular flexibility index (Phi) is 5.84. The molecular formula is C23H20O3. The molecular weight excluding hydrogens is 324 g/mol. The number of esters is 1. The van der Waals surface area contributed by atoms with E-state index >= 15 is 0 Å². The molecule has 3 nitrogen and oxygen atoms in total. The van der Waals surface area contributed by atoms with Crippen LogP contribution in [0.2, 0.25) is 0 Å². The molecule has 0 spiro atoms. The Morgan fingerprint density at radius 3 is 2.38 bits per heavy atom. The summed E-state index contributed by atoms with van der Waals surface area (Å²) in [5, 5.41) is 0. The summed E-state index contributed by atoms with van der Waals surface area (Å²) in [5.74, 6) is 1.10. The van der Waals surface area contributed by atoms with Crippen LogP contribution >= 0.6 is 0 Å². The second kappa shape index (κ2) is 8.67. The van der Waals surface area contributed by atoms with Crippen LogP contribution in [0.5, 0.6) is 11.5 Å². The highest BCUT2D eigenvalue weighted by molar-refractivity contribution is 5.87. The molecule has 0 aliphatic heterocycles. The zero-order valence-electron chi connectivity index (χ0n) is 14.6. The molecule has 0 saturated heterocycles. The number of hydrogen-bond donors (Lipinski definition) is 0. The third-order valence-electron chi connectivity index (χ3n) is 3.75. The van der Waals surface area contributed by atoms with Gasteiger partial charge in [-0.3, -0.25) is 0 Å². The van der Waals surface area contributed by atoms with E-state index in [1.54, 1.807) is 6.08 Å². The van der Waals surface area contributed by atoms with Gasteiger partial charge >= 0.3 is 5.97 Å². The van der Waals surface area contributed by atoms with Gasteiger partial charge in [-0.1, -0.05) is 60.2 Å². The van der Waals surface area contributed by atoms with Crippen LogP contribution in [0.1, 0.15) is 16.7 Å².